The minimum atomic E-state index is -0.212. The van der Waals surface area contributed by atoms with Crippen molar-refractivity contribution in [1.29, 1.82) is 0 Å². The second kappa shape index (κ2) is 11.4. The summed E-state index contributed by atoms with van der Waals surface area (Å²) in [7, 11) is 3.25. The standard InChI is InChI=1S/C29H29N5O3S/c1-36-24-14-5-3-10-20(24)31-26(35)16-19-34-28(27(32-29(34)38)21-11-7-8-17-30-21)23-13-9-18-33(23)22-12-4-6-15-25(22)37-2/h3-15,17-18,27-28H,16,19H2,1-2H3,(H,31,35)(H,32,38)/t27-,28+/m0/s1. The average Bonchev–Trinajstić information content (AvgIpc) is 3.56. The van der Waals surface area contributed by atoms with Crippen LogP contribution in [0.15, 0.2) is 91.3 Å². The number of benzene rings is 2. The van der Waals surface area contributed by atoms with Gasteiger partial charge in [-0.25, -0.2) is 0 Å². The van der Waals surface area contributed by atoms with Crippen molar-refractivity contribution in [3.8, 4) is 17.2 Å². The number of methoxy groups -OCH3 is 2. The second-order valence-electron chi connectivity index (χ2n) is 8.79. The van der Waals surface area contributed by atoms with Crippen LogP contribution in [-0.4, -0.2) is 46.2 Å². The van der Waals surface area contributed by atoms with Crippen LogP contribution >= 0.6 is 12.2 Å². The molecule has 1 amide bonds. The Morgan fingerprint density at radius 1 is 0.974 bits per heavy atom. The highest BCUT2D eigenvalue weighted by molar-refractivity contribution is 7.80. The highest BCUT2D eigenvalue weighted by atomic mass is 32.1. The van der Waals surface area contributed by atoms with Gasteiger partial charge in [0, 0.05) is 31.1 Å². The first-order valence-corrected chi connectivity index (χ1v) is 12.7. The van der Waals surface area contributed by atoms with E-state index in [1.807, 2.05) is 79.0 Å². The third-order valence-corrected chi connectivity index (χ3v) is 6.94. The molecule has 4 aromatic rings. The monoisotopic (exact) mass is 527 g/mol. The van der Waals surface area contributed by atoms with E-state index in [2.05, 4.69) is 31.2 Å². The van der Waals surface area contributed by atoms with Crippen LogP contribution in [0.25, 0.3) is 5.69 Å². The molecule has 0 unspecified atom stereocenters. The van der Waals surface area contributed by atoms with E-state index in [-0.39, 0.29) is 24.4 Å². The van der Waals surface area contributed by atoms with Crippen molar-refractivity contribution in [2.24, 2.45) is 0 Å². The van der Waals surface area contributed by atoms with E-state index in [4.69, 9.17) is 21.7 Å². The fourth-order valence-corrected chi connectivity index (χ4v) is 5.17. The van der Waals surface area contributed by atoms with E-state index in [1.54, 1.807) is 20.4 Å². The quantitative estimate of drug-likeness (QED) is 0.300. The van der Waals surface area contributed by atoms with Crippen molar-refractivity contribution in [2.75, 3.05) is 26.1 Å². The number of amides is 1. The summed E-state index contributed by atoms with van der Waals surface area (Å²) < 4.78 is 13.1. The maximum Gasteiger partial charge on any atom is 0.226 e. The lowest BCUT2D eigenvalue weighted by molar-refractivity contribution is -0.116. The van der Waals surface area contributed by atoms with E-state index in [9.17, 15) is 4.79 Å². The van der Waals surface area contributed by atoms with Gasteiger partial charge in [0.25, 0.3) is 0 Å². The zero-order valence-corrected chi connectivity index (χ0v) is 22.0. The molecule has 1 saturated heterocycles. The van der Waals surface area contributed by atoms with Gasteiger partial charge < -0.3 is 29.6 Å². The van der Waals surface area contributed by atoms with Gasteiger partial charge in [-0.1, -0.05) is 30.3 Å². The smallest absolute Gasteiger partial charge is 0.226 e. The molecule has 0 radical (unpaired) electrons. The van der Waals surface area contributed by atoms with Gasteiger partial charge in [-0.05, 0) is 60.7 Å². The number of carbonyl (C=O) groups is 1. The third-order valence-electron chi connectivity index (χ3n) is 6.59. The Labute approximate surface area is 227 Å². The van der Waals surface area contributed by atoms with Crippen molar-refractivity contribution in [2.45, 2.75) is 18.5 Å². The topological polar surface area (TPSA) is 80.7 Å². The molecule has 0 bridgehead atoms. The normalized spacial score (nSPS) is 16.7. The maximum absolute atomic E-state index is 13.0. The van der Waals surface area contributed by atoms with Crippen LogP contribution < -0.4 is 20.1 Å². The average molecular weight is 528 g/mol. The van der Waals surface area contributed by atoms with Crippen molar-refractivity contribution in [1.82, 2.24) is 19.8 Å². The van der Waals surface area contributed by atoms with Crippen LogP contribution in [0.3, 0.4) is 0 Å². The van der Waals surface area contributed by atoms with Gasteiger partial charge in [-0.15, -0.1) is 0 Å². The molecule has 1 aliphatic rings. The lowest BCUT2D eigenvalue weighted by atomic mass is 10.0. The molecule has 2 aromatic carbocycles. The molecule has 38 heavy (non-hydrogen) atoms. The predicted molar refractivity (Wildman–Crippen MR) is 151 cm³/mol. The number of rotatable bonds is 9. The predicted octanol–water partition coefficient (Wildman–Crippen LogP) is 4.89. The highest BCUT2D eigenvalue weighted by Gasteiger charge is 2.41. The van der Waals surface area contributed by atoms with Gasteiger partial charge in [0.2, 0.25) is 5.91 Å². The van der Waals surface area contributed by atoms with E-state index in [0.717, 1.165) is 22.8 Å². The summed E-state index contributed by atoms with van der Waals surface area (Å²) in [6.45, 7) is 0.415. The van der Waals surface area contributed by atoms with Crippen molar-refractivity contribution in [3.05, 3.63) is 103 Å². The van der Waals surface area contributed by atoms with Crippen molar-refractivity contribution >= 4 is 28.9 Å². The number of nitrogens with zero attached hydrogens (tertiary/aromatic N) is 3. The fraction of sp³-hybridized carbons (Fsp3) is 0.207. The van der Waals surface area contributed by atoms with Crippen molar-refractivity contribution in [3.63, 3.8) is 0 Å². The number of ether oxygens (including phenoxy) is 2. The minimum absolute atomic E-state index is 0.127. The maximum atomic E-state index is 13.0. The summed E-state index contributed by atoms with van der Waals surface area (Å²) >= 11 is 5.80. The molecular formula is C29H29N5O3S. The number of thiocarbonyl (C=S) groups is 1. The Hall–Kier alpha value is -4.37. The zero-order chi connectivity index (χ0) is 26.5. The molecular weight excluding hydrogens is 498 g/mol. The van der Waals surface area contributed by atoms with Crippen LogP contribution in [0.5, 0.6) is 11.5 Å². The number of hydrogen-bond donors (Lipinski definition) is 2. The lowest BCUT2D eigenvalue weighted by Crippen LogP contribution is -2.33. The molecule has 2 atom stereocenters. The molecule has 5 rings (SSSR count). The zero-order valence-electron chi connectivity index (χ0n) is 21.2. The minimum Gasteiger partial charge on any atom is -0.495 e. The summed E-state index contributed by atoms with van der Waals surface area (Å²) in [5.74, 6) is 1.25. The van der Waals surface area contributed by atoms with Gasteiger partial charge in [0.15, 0.2) is 5.11 Å². The molecule has 2 aromatic heterocycles. The van der Waals surface area contributed by atoms with E-state index in [1.165, 1.54) is 0 Å². The lowest BCUT2D eigenvalue weighted by Gasteiger charge is -2.29. The second-order valence-corrected chi connectivity index (χ2v) is 9.18. The van der Waals surface area contributed by atoms with Gasteiger partial charge in [0.1, 0.15) is 11.5 Å². The van der Waals surface area contributed by atoms with Crippen LogP contribution in [0.1, 0.15) is 29.9 Å². The summed E-state index contributed by atoms with van der Waals surface area (Å²) in [5.41, 5.74) is 3.42. The van der Waals surface area contributed by atoms with E-state index in [0.29, 0.717) is 23.1 Å². The van der Waals surface area contributed by atoms with Gasteiger partial charge in [-0.2, -0.15) is 0 Å². The number of hydrogen-bond acceptors (Lipinski definition) is 5. The molecule has 0 aliphatic carbocycles. The molecule has 0 spiro atoms. The number of carbonyl (C=O) groups excluding carboxylic acids is 1. The van der Waals surface area contributed by atoms with Gasteiger partial charge >= 0.3 is 0 Å². The molecule has 0 saturated carbocycles. The van der Waals surface area contributed by atoms with Crippen LogP contribution in [-0.2, 0) is 4.79 Å². The molecule has 1 aliphatic heterocycles. The van der Waals surface area contributed by atoms with Crippen LogP contribution in [0.2, 0.25) is 0 Å². The summed E-state index contributed by atoms with van der Waals surface area (Å²) in [6.07, 6.45) is 4.02. The van der Waals surface area contributed by atoms with E-state index >= 15 is 0 Å². The Bertz CT molecular complexity index is 1420. The number of pyridine rings is 1. The van der Waals surface area contributed by atoms with Gasteiger partial charge in [0.05, 0.1) is 43.4 Å². The fourth-order valence-electron chi connectivity index (χ4n) is 4.83. The SMILES string of the molecule is COc1ccccc1NC(=O)CCN1C(=S)N[C@@H](c2ccccn2)[C@H]1c1cccn1-c1ccccc1OC. The first-order valence-electron chi connectivity index (χ1n) is 12.3. The van der Waals surface area contributed by atoms with Crippen LogP contribution in [0.4, 0.5) is 5.69 Å². The number of para-hydroxylation sites is 4. The largest absolute Gasteiger partial charge is 0.495 e. The Kier molecular flexibility index (Phi) is 7.55. The number of aromatic nitrogens is 2. The summed E-state index contributed by atoms with van der Waals surface area (Å²) in [6, 6.07) is 24.7. The van der Waals surface area contributed by atoms with E-state index < -0.39 is 0 Å². The number of anilines is 1. The summed E-state index contributed by atoms with van der Waals surface area (Å²) in [4.78, 5) is 19.7. The van der Waals surface area contributed by atoms with Crippen molar-refractivity contribution < 1.29 is 14.3 Å². The highest BCUT2D eigenvalue weighted by Crippen LogP contribution is 2.40. The molecule has 1 fully saturated rings. The Balaban J connectivity index is 1.46. The van der Waals surface area contributed by atoms with Crippen LogP contribution in [0, 0.1) is 0 Å². The molecule has 9 heteroatoms. The first-order chi connectivity index (χ1) is 18.6. The Morgan fingerprint density at radius 2 is 1.71 bits per heavy atom. The molecule has 3 heterocycles. The summed E-state index contributed by atoms with van der Waals surface area (Å²) in [5, 5.41) is 6.99. The third kappa shape index (κ3) is 5.05. The Morgan fingerprint density at radius 3 is 2.47 bits per heavy atom. The molecule has 2 N–H and O–H groups in total. The molecule has 194 valence electrons. The number of nitrogens with one attached hydrogen (secondary N) is 2. The first kappa shape index (κ1) is 25.3. The molecule has 8 nitrogen and oxygen atoms in total. The van der Waals surface area contributed by atoms with Gasteiger partial charge in [-0.3, -0.25) is 9.78 Å².